The van der Waals surface area contributed by atoms with Crippen molar-refractivity contribution in [3.05, 3.63) is 47.0 Å². The molecule has 1 saturated heterocycles. The molecule has 0 radical (unpaired) electrons. The van der Waals surface area contributed by atoms with Crippen LogP contribution in [-0.4, -0.2) is 23.5 Å². The van der Waals surface area contributed by atoms with Gasteiger partial charge >= 0.3 is 0 Å². The van der Waals surface area contributed by atoms with Gasteiger partial charge in [-0.25, -0.2) is 4.98 Å². The van der Waals surface area contributed by atoms with Crippen LogP contribution in [-0.2, 0) is 4.79 Å². The number of nitrogens with zero attached hydrogens (tertiary/aromatic N) is 1. The number of anilines is 1. The lowest BCUT2D eigenvalue weighted by Gasteiger charge is -2.08. The van der Waals surface area contributed by atoms with Crippen molar-refractivity contribution in [3.63, 3.8) is 0 Å². The summed E-state index contributed by atoms with van der Waals surface area (Å²) in [6, 6.07) is 10.00. The van der Waals surface area contributed by atoms with Crippen molar-refractivity contribution in [2.75, 3.05) is 11.9 Å². The Balaban J connectivity index is 0.00000176. The number of carbonyl (C=O) groups is 1. The number of halogens is 1. The number of aromatic nitrogens is 1. The summed E-state index contributed by atoms with van der Waals surface area (Å²) in [5.74, 6) is 0.0143. The maximum Gasteiger partial charge on any atom is 0.243 e. The first-order chi connectivity index (χ1) is 10.3. The van der Waals surface area contributed by atoms with Gasteiger partial charge in [0.1, 0.15) is 0 Å². The minimum atomic E-state index is -0.0720. The number of nitrogens with one attached hydrogen (secondary N) is 2. The molecule has 1 aliphatic heterocycles. The number of hydrogen-bond acceptors (Lipinski definition) is 4. The Morgan fingerprint density at radius 3 is 2.86 bits per heavy atom. The molecular formula is C16H18ClN3OS. The largest absolute Gasteiger partial charge is 0.306 e. The second-order valence-electron chi connectivity index (χ2n) is 4.96. The molecule has 1 aromatic carbocycles. The minimum absolute atomic E-state index is 0. The van der Waals surface area contributed by atoms with Gasteiger partial charge in [0.15, 0.2) is 5.13 Å². The Hall–Kier alpha value is -1.69. The zero-order valence-corrected chi connectivity index (χ0v) is 13.6. The number of benzene rings is 1. The van der Waals surface area contributed by atoms with Gasteiger partial charge in [0.05, 0.1) is 11.7 Å². The van der Waals surface area contributed by atoms with Crippen LogP contribution in [0.25, 0.3) is 12.2 Å². The summed E-state index contributed by atoms with van der Waals surface area (Å²) < 4.78 is 0. The molecule has 1 unspecified atom stereocenters. The van der Waals surface area contributed by atoms with E-state index in [0.29, 0.717) is 5.13 Å². The molecule has 1 amide bonds. The van der Waals surface area contributed by atoms with Crippen LogP contribution in [0, 0.1) is 0 Å². The average Bonchev–Trinajstić information content (AvgIpc) is 3.18. The first-order valence-electron chi connectivity index (χ1n) is 7.04. The molecule has 1 aliphatic rings. The van der Waals surface area contributed by atoms with Crippen molar-refractivity contribution in [1.82, 2.24) is 10.3 Å². The second kappa shape index (κ2) is 8.08. The van der Waals surface area contributed by atoms with Crippen LogP contribution in [0.4, 0.5) is 5.13 Å². The molecule has 116 valence electrons. The predicted octanol–water partition coefficient (Wildman–Crippen LogP) is 3.43. The van der Waals surface area contributed by atoms with Crippen LogP contribution in [0.2, 0.25) is 0 Å². The molecule has 2 N–H and O–H groups in total. The van der Waals surface area contributed by atoms with Crippen LogP contribution >= 0.6 is 23.7 Å². The van der Waals surface area contributed by atoms with Gasteiger partial charge in [-0.15, -0.1) is 23.7 Å². The molecule has 0 bridgehead atoms. The van der Waals surface area contributed by atoms with Gasteiger partial charge in [0.2, 0.25) is 5.91 Å². The highest BCUT2D eigenvalue weighted by atomic mass is 35.5. The maximum atomic E-state index is 12.0. The van der Waals surface area contributed by atoms with Crippen molar-refractivity contribution in [2.45, 2.75) is 18.9 Å². The topological polar surface area (TPSA) is 54.0 Å². The number of thiazole rings is 1. The molecule has 1 atom stereocenters. The molecule has 3 rings (SSSR count). The molecule has 1 aromatic heterocycles. The Morgan fingerprint density at radius 1 is 1.32 bits per heavy atom. The summed E-state index contributed by atoms with van der Waals surface area (Å²) in [4.78, 5) is 16.4. The van der Waals surface area contributed by atoms with E-state index in [9.17, 15) is 4.79 Å². The molecule has 2 aromatic rings. The lowest BCUT2D eigenvalue weighted by molar-refractivity contribution is -0.117. The van der Waals surface area contributed by atoms with Crippen molar-refractivity contribution in [2.24, 2.45) is 0 Å². The number of carbonyl (C=O) groups excluding carboxylic acids is 1. The number of rotatable bonds is 4. The Morgan fingerprint density at radius 2 is 2.14 bits per heavy atom. The molecule has 22 heavy (non-hydrogen) atoms. The average molecular weight is 336 g/mol. The predicted molar refractivity (Wildman–Crippen MR) is 94.4 cm³/mol. The summed E-state index contributed by atoms with van der Waals surface area (Å²) in [6.07, 6.45) is 5.92. The summed E-state index contributed by atoms with van der Waals surface area (Å²) in [5.41, 5.74) is 1.99. The third-order valence-corrected chi connectivity index (χ3v) is 4.15. The molecule has 0 spiro atoms. The maximum absolute atomic E-state index is 12.0. The summed E-state index contributed by atoms with van der Waals surface area (Å²) in [7, 11) is 0. The number of amides is 1. The Labute approximate surface area is 140 Å². The second-order valence-corrected chi connectivity index (χ2v) is 5.82. The Kier molecular flexibility index (Phi) is 6.12. The SMILES string of the molecule is Cl.O=C(Nc1nc(/C=C/c2ccccc2)cs1)C1CCCN1. The van der Waals surface area contributed by atoms with Gasteiger partial charge in [0.25, 0.3) is 0 Å². The van der Waals surface area contributed by atoms with Crippen LogP contribution in [0.1, 0.15) is 24.1 Å². The molecular weight excluding hydrogens is 318 g/mol. The summed E-state index contributed by atoms with van der Waals surface area (Å²) >= 11 is 1.45. The fraction of sp³-hybridized carbons (Fsp3) is 0.250. The van der Waals surface area contributed by atoms with Crippen molar-refractivity contribution in [1.29, 1.82) is 0 Å². The zero-order chi connectivity index (χ0) is 14.5. The van der Waals surface area contributed by atoms with E-state index in [2.05, 4.69) is 15.6 Å². The molecule has 2 heterocycles. The highest BCUT2D eigenvalue weighted by Crippen LogP contribution is 2.18. The fourth-order valence-electron chi connectivity index (χ4n) is 2.27. The third-order valence-electron chi connectivity index (χ3n) is 3.37. The van der Waals surface area contributed by atoms with Crippen molar-refractivity contribution in [3.8, 4) is 0 Å². The zero-order valence-electron chi connectivity index (χ0n) is 12.0. The molecule has 0 saturated carbocycles. The van der Waals surface area contributed by atoms with Crippen LogP contribution in [0.3, 0.4) is 0 Å². The highest BCUT2D eigenvalue weighted by molar-refractivity contribution is 7.14. The van der Waals surface area contributed by atoms with Gasteiger partial charge in [-0.05, 0) is 31.0 Å². The van der Waals surface area contributed by atoms with E-state index in [1.807, 2.05) is 47.9 Å². The van der Waals surface area contributed by atoms with Crippen molar-refractivity contribution < 1.29 is 4.79 Å². The van der Waals surface area contributed by atoms with E-state index in [1.165, 1.54) is 11.3 Å². The summed E-state index contributed by atoms with van der Waals surface area (Å²) in [5, 5.41) is 8.65. The van der Waals surface area contributed by atoms with Gasteiger partial charge in [0, 0.05) is 5.38 Å². The van der Waals surface area contributed by atoms with E-state index in [0.717, 1.165) is 30.6 Å². The number of hydrogen-bond donors (Lipinski definition) is 2. The molecule has 4 nitrogen and oxygen atoms in total. The standard InChI is InChI=1S/C16H17N3OS.ClH/c20-15(14-7-4-10-17-14)19-16-18-13(11-21-16)9-8-12-5-2-1-3-6-12;/h1-3,5-6,8-9,11,14,17H,4,7,10H2,(H,18,19,20);1H/b9-8+;. The quantitative estimate of drug-likeness (QED) is 0.900. The van der Waals surface area contributed by atoms with Gasteiger partial charge < -0.3 is 10.6 Å². The first kappa shape index (κ1) is 16.7. The van der Waals surface area contributed by atoms with E-state index >= 15 is 0 Å². The Bertz CT molecular complexity index is 636. The first-order valence-corrected chi connectivity index (χ1v) is 7.92. The van der Waals surface area contributed by atoms with Crippen LogP contribution in [0.15, 0.2) is 35.7 Å². The normalized spacial score (nSPS) is 17.4. The molecule has 6 heteroatoms. The summed E-state index contributed by atoms with van der Waals surface area (Å²) in [6.45, 7) is 0.918. The van der Waals surface area contributed by atoms with E-state index < -0.39 is 0 Å². The lowest BCUT2D eigenvalue weighted by Crippen LogP contribution is -2.35. The van der Waals surface area contributed by atoms with E-state index in [1.54, 1.807) is 0 Å². The van der Waals surface area contributed by atoms with Gasteiger partial charge in [-0.3, -0.25) is 4.79 Å². The van der Waals surface area contributed by atoms with Crippen molar-refractivity contribution >= 4 is 46.9 Å². The van der Waals surface area contributed by atoms with Crippen LogP contribution in [0.5, 0.6) is 0 Å². The van der Waals surface area contributed by atoms with Crippen LogP contribution < -0.4 is 10.6 Å². The molecule has 0 aliphatic carbocycles. The smallest absolute Gasteiger partial charge is 0.243 e. The highest BCUT2D eigenvalue weighted by Gasteiger charge is 2.22. The molecule has 1 fully saturated rings. The fourth-order valence-corrected chi connectivity index (χ4v) is 2.95. The minimum Gasteiger partial charge on any atom is -0.306 e. The van der Waals surface area contributed by atoms with E-state index in [4.69, 9.17) is 0 Å². The van der Waals surface area contributed by atoms with E-state index in [-0.39, 0.29) is 24.4 Å². The third kappa shape index (κ3) is 4.40. The van der Waals surface area contributed by atoms with Gasteiger partial charge in [-0.1, -0.05) is 36.4 Å². The lowest BCUT2D eigenvalue weighted by atomic mass is 10.2. The monoisotopic (exact) mass is 335 g/mol. The van der Waals surface area contributed by atoms with Gasteiger partial charge in [-0.2, -0.15) is 0 Å².